The van der Waals surface area contributed by atoms with E-state index in [1.807, 2.05) is 30.3 Å². The summed E-state index contributed by atoms with van der Waals surface area (Å²) >= 11 is 0. The highest BCUT2D eigenvalue weighted by Gasteiger charge is 2.05. The molecule has 0 saturated carbocycles. The molecule has 0 heterocycles. The topological polar surface area (TPSA) is 50.1 Å². The van der Waals surface area contributed by atoms with Gasteiger partial charge in [0, 0.05) is 5.57 Å². The second-order valence-electron chi connectivity index (χ2n) is 4.39. The van der Waals surface area contributed by atoms with Gasteiger partial charge in [-0.25, -0.2) is 4.79 Å². The lowest BCUT2D eigenvalue weighted by molar-refractivity contribution is -0.130. The zero-order valence-corrected chi connectivity index (χ0v) is 11.1. The fourth-order valence-corrected chi connectivity index (χ4v) is 1.68. The van der Waals surface area contributed by atoms with E-state index in [9.17, 15) is 4.79 Å². The highest BCUT2D eigenvalue weighted by Crippen LogP contribution is 2.23. The van der Waals surface area contributed by atoms with Gasteiger partial charge >= 0.3 is 5.97 Å². The fourth-order valence-electron chi connectivity index (χ4n) is 1.68. The molecule has 0 aliphatic heterocycles. The lowest BCUT2D eigenvalue weighted by Gasteiger charge is -2.06. The number of nitrogens with zero attached hydrogens (tertiary/aromatic N) is 1. The molecule has 0 unspecified atom stereocenters. The SMILES string of the molecule is C=C(C)C(=O)Oc1ccc(-c2cccc(C#N)c2)cc1. The van der Waals surface area contributed by atoms with E-state index >= 15 is 0 Å². The molecule has 2 aromatic carbocycles. The molecule has 20 heavy (non-hydrogen) atoms. The maximum atomic E-state index is 11.4. The summed E-state index contributed by atoms with van der Waals surface area (Å²) in [5.74, 6) is 0.0300. The summed E-state index contributed by atoms with van der Waals surface area (Å²) in [6.07, 6.45) is 0. The molecular formula is C17H13NO2. The molecule has 0 saturated heterocycles. The summed E-state index contributed by atoms with van der Waals surface area (Å²) in [5.41, 5.74) is 2.87. The van der Waals surface area contributed by atoms with E-state index in [1.54, 1.807) is 25.1 Å². The molecule has 0 N–H and O–H groups in total. The molecule has 0 amide bonds. The van der Waals surface area contributed by atoms with Crippen molar-refractivity contribution >= 4 is 5.97 Å². The van der Waals surface area contributed by atoms with Gasteiger partial charge in [0.25, 0.3) is 0 Å². The van der Waals surface area contributed by atoms with Gasteiger partial charge in [0.05, 0.1) is 11.6 Å². The summed E-state index contributed by atoms with van der Waals surface area (Å²) in [6.45, 7) is 5.13. The van der Waals surface area contributed by atoms with Crippen LogP contribution in [0.1, 0.15) is 12.5 Å². The zero-order chi connectivity index (χ0) is 14.5. The molecule has 0 bridgehead atoms. The largest absolute Gasteiger partial charge is 0.423 e. The lowest BCUT2D eigenvalue weighted by atomic mass is 10.0. The first-order chi connectivity index (χ1) is 9.60. The highest BCUT2D eigenvalue weighted by atomic mass is 16.5. The van der Waals surface area contributed by atoms with Crippen molar-refractivity contribution in [2.45, 2.75) is 6.92 Å². The van der Waals surface area contributed by atoms with Crippen LogP contribution in [0, 0.1) is 11.3 Å². The Morgan fingerprint density at radius 1 is 1.15 bits per heavy atom. The Balaban J connectivity index is 2.22. The van der Waals surface area contributed by atoms with Crippen molar-refractivity contribution in [3.63, 3.8) is 0 Å². The molecule has 0 radical (unpaired) electrons. The van der Waals surface area contributed by atoms with E-state index in [0.29, 0.717) is 16.9 Å². The molecule has 0 fully saturated rings. The number of ether oxygens (including phenoxy) is 1. The Kier molecular flexibility index (Phi) is 3.97. The van der Waals surface area contributed by atoms with Crippen LogP contribution in [-0.2, 0) is 4.79 Å². The molecule has 3 nitrogen and oxygen atoms in total. The predicted molar refractivity (Wildman–Crippen MR) is 77.0 cm³/mol. The maximum absolute atomic E-state index is 11.4. The van der Waals surface area contributed by atoms with Crippen molar-refractivity contribution in [2.24, 2.45) is 0 Å². The number of carbonyl (C=O) groups is 1. The molecule has 0 aliphatic carbocycles. The maximum Gasteiger partial charge on any atom is 0.338 e. The molecule has 0 aliphatic rings. The number of esters is 1. The monoisotopic (exact) mass is 263 g/mol. The van der Waals surface area contributed by atoms with Crippen molar-refractivity contribution in [1.29, 1.82) is 5.26 Å². The highest BCUT2D eigenvalue weighted by molar-refractivity contribution is 5.88. The Labute approximate surface area is 117 Å². The molecule has 3 heteroatoms. The van der Waals surface area contributed by atoms with Crippen LogP contribution in [0.25, 0.3) is 11.1 Å². The second-order valence-corrected chi connectivity index (χ2v) is 4.39. The van der Waals surface area contributed by atoms with Crippen LogP contribution in [0.4, 0.5) is 0 Å². The van der Waals surface area contributed by atoms with Crippen LogP contribution in [0.2, 0.25) is 0 Å². The first-order valence-corrected chi connectivity index (χ1v) is 6.08. The number of hydrogen-bond acceptors (Lipinski definition) is 3. The number of benzene rings is 2. The molecule has 2 aromatic rings. The van der Waals surface area contributed by atoms with Gasteiger partial charge in [-0.05, 0) is 42.3 Å². The van der Waals surface area contributed by atoms with Gasteiger partial charge < -0.3 is 4.74 Å². The molecule has 0 atom stereocenters. The van der Waals surface area contributed by atoms with E-state index in [2.05, 4.69) is 12.6 Å². The third-order valence-electron chi connectivity index (χ3n) is 2.74. The molecule has 0 aromatic heterocycles. The quantitative estimate of drug-likeness (QED) is 0.482. The Morgan fingerprint density at radius 2 is 1.85 bits per heavy atom. The van der Waals surface area contributed by atoms with Crippen LogP contribution >= 0.6 is 0 Å². The van der Waals surface area contributed by atoms with Crippen molar-refractivity contribution in [3.8, 4) is 22.9 Å². The van der Waals surface area contributed by atoms with Gasteiger partial charge in [-0.1, -0.05) is 30.8 Å². The number of carbonyl (C=O) groups excluding carboxylic acids is 1. The number of rotatable bonds is 3. The van der Waals surface area contributed by atoms with Crippen molar-refractivity contribution in [3.05, 3.63) is 66.2 Å². The molecule has 2 rings (SSSR count). The van der Waals surface area contributed by atoms with Crippen molar-refractivity contribution < 1.29 is 9.53 Å². The van der Waals surface area contributed by atoms with Gasteiger partial charge in [0.2, 0.25) is 0 Å². The predicted octanol–water partition coefficient (Wildman–Crippen LogP) is 3.71. The first kappa shape index (κ1) is 13.6. The molecule has 98 valence electrons. The average Bonchev–Trinajstić information content (AvgIpc) is 2.48. The second kappa shape index (κ2) is 5.85. The molecular weight excluding hydrogens is 250 g/mol. The van der Waals surface area contributed by atoms with E-state index in [4.69, 9.17) is 10.00 Å². The van der Waals surface area contributed by atoms with Gasteiger partial charge in [-0.2, -0.15) is 5.26 Å². The minimum Gasteiger partial charge on any atom is -0.423 e. The van der Waals surface area contributed by atoms with E-state index in [-0.39, 0.29) is 0 Å². The Bertz CT molecular complexity index is 694. The third-order valence-corrected chi connectivity index (χ3v) is 2.74. The van der Waals surface area contributed by atoms with Crippen molar-refractivity contribution in [1.82, 2.24) is 0 Å². The van der Waals surface area contributed by atoms with Gasteiger partial charge in [-0.3, -0.25) is 0 Å². The summed E-state index contributed by atoms with van der Waals surface area (Å²) in [7, 11) is 0. The third kappa shape index (κ3) is 3.12. The van der Waals surface area contributed by atoms with Crippen LogP contribution in [0.3, 0.4) is 0 Å². The molecule has 0 spiro atoms. The minimum absolute atomic E-state index is 0.357. The summed E-state index contributed by atoms with van der Waals surface area (Å²) in [4.78, 5) is 11.4. The Hall–Kier alpha value is -2.86. The van der Waals surface area contributed by atoms with Crippen LogP contribution < -0.4 is 4.74 Å². The zero-order valence-electron chi connectivity index (χ0n) is 11.1. The van der Waals surface area contributed by atoms with E-state index in [1.165, 1.54) is 0 Å². The van der Waals surface area contributed by atoms with Crippen LogP contribution in [0.15, 0.2) is 60.7 Å². The number of nitriles is 1. The summed E-state index contributed by atoms with van der Waals surface area (Å²) < 4.78 is 5.12. The van der Waals surface area contributed by atoms with Crippen LogP contribution in [-0.4, -0.2) is 5.97 Å². The normalized spacial score (nSPS) is 9.60. The standard InChI is InChI=1S/C17H13NO2/c1-12(2)17(19)20-16-8-6-14(7-9-16)15-5-3-4-13(10-15)11-18/h3-10H,1H2,2H3. The summed E-state index contributed by atoms with van der Waals surface area (Å²) in [5, 5.41) is 8.89. The summed E-state index contributed by atoms with van der Waals surface area (Å²) in [6, 6.07) is 16.6. The first-order valence-electron chi connectivity index (χ1n) is 6.08. The lowest BCUT2D eigenvalue weighted by Crippen LogP contribution is -2.07. The van der Waals surface area contributed by atoms with Crippen molar-refractivity contribution in [2.75, 3.05) is 0 Å². The smallest absolute Gasteiger partial charge is 0.338 e. The average molecular weight is 263 g/mol. The van der Waals surface area contributed by atoms with Gasteiger partial charge in [-0.15, -0.1) is 0 Å². The van der Waals surface area contributed by atoms with Gasteiger partial charge in [0.1, 0.15) is 5.75 Å². The van der Waals surface area contributed by atoms with E-state index in [0.717, 1.165) is 11.1 Å². The van der Waals surface area contributed by atoms with Crippen LogP contribution in [0.5, 0.6) is 5.75 Å². The van der Waals surface area contributed by atoms with E-state index < -0.39 is 5.97 Å². The Morgan fingerprint density at radius 3 is 2.45 bits per heavy atom. The fraction of sp³-hybridized carbons (Fsp3) is 0.0588. The number of hydrogen-bond donors (Lipinski definition) is 0. The van der Waals surface area contributed by atoms with Gasteiger partial charge in [0.15, 0.2) is 0 Å². The minimum atomic E-state index is -0.441.